The second kappa shape index (κ2) is 9.37. The number of nitrogens with zero attached hydrogens (tertiary/aromatic N) is 1. The number of nitrogens with one attached hydrogen (secondary N) is 1. The Labute approximate surface area is 198 Å². The third-order valence-corrected chi connectivity index (χ3v) is 6.23. The number of benzene rings is 2. The molecule has 1 saturated heterocycles. The summed E-state index contributed by atoms with van der Waals surface area (Å²) < 4.78 is 11.0. The van der Waals surface area contributed by atoms with Crippen LogP contribution in [0.4, 0.5) is 9.59 Å². The highest BCUT2D eigenvalue weighted by molar-refractivity contribution is 5.79. The van der Waals surface area contributed by atoms with Gasteiger partial charge in [-0.1, -0.05) is 48.5 Å². The average molecular weight is 467 g/mol. The van der Waals surface area contributed by atoms with E-state index in [1.54, 1.807) is 20.8 Å². The Morgan fingerprint density at radius 1 is 1.03 bits per heavy atom. The monoisotopic (exact) mass is 466 g/mol. The largest absolute Gasteiger partial charge is 0.481 e. The molecule has 34 heavy (non-hydrogen) atoms. The normalized spacial score (nSPS) is 19.7. The number of amides is 2. The van der Waals surface area contributed by atoms with Crippen LogP contribution in [0.2, 0.25) is 0 Å². The van der Waals surface area contributed by atoms with Crippen LogP contribution >= 0.6 is 0 Å². The van der Waals surface area contributed by atoms with Gasteiger partial charge in [-0.25, -0.2) is 9.59 Å². The summed E-state index contributed by atoms with van der Waals surface area (Å²) in [6.07, 6.45) is -1.03. The predicted molar refractivity (Wildman–Crippen MR) is 126 cm³/mol. The lowest BCUT2D eigenvalue weighted by Crippen LogP contribution is -2.56. The molecule has 0 radical (unpaired) electrons. The highest BCUT2D eigenvalue weighted by Gasteiger charge is 2.38. The summed E-state index contributed by atoms with van der Waals surface area (Å²) in [5.41, 5.74) is 3.76. The summed E-state index contributed by atoms with van der Waals surface area (Å²) in [6.45, 7) is 5.70. The number of carbonyl (C=O) groups is 3. The number of fused-ring (bicyclic) bond motifs is 3. The number of carbonyl (C=O) groups excluding carboxylic acids is 2. The van der Waals surface area contributed by atoms with Gasteiger partial charge in [0.15, 0.2) is 0 Å². The van der Waals surface area contributed by atoms with Gasteiger partial charge in [-0.05, 0) is 49.4 Å². The van der Waals surface area contributed by atoms with Crippen LogP contribution in [0, 0.1) is 5.92 Å². The van der Waals surface area contributed by atoms with Gasteiger partial charge in [-0.3, -0.25) is 4.79 Å². The molecule has 1 heterocycles. The number of hydrogen-bond donors (Lipinski definition) is 2. The third kappa shape index (κ3) is 5.00. The van der Waals surface area contributed by atoms with E-state index in [0.29, 0.717) is 0 Å². The van der Waals surface area contributed by atoms with Crippen LogP contribution in [0.5, 0.6) is 0 Å². The van der Waals surface area contributed by atoms with Gasteiger partial charge in [0.25, 0.3) is 0 Å². The predicted octanol–water partition coefficient (Wildman–Crippen LogP) is 4.24. The molecule has 8 nitrogen and oxygen atoms in total. The Balaban J connectivity index is 1.42. The van der Waals surface area contributed by atoms with Crippen molar-refractivity contribution in [2.75, 3.05) is 19.7 Å². The number of aliphatic carboxylic acids is 1. The van der Waals surface area contributed by atoms with Crippen LogP contribution < -0.4 is 5.32 Å². The number of rotatable bonds is 4. The number of hydrogen-bond acceptors (Lipinski definition) is 5. The van der Waals surface area contributed by atoms with E-state index in [9.17, 15) is 19.5 Å². The van der Waals surface area contributed by atoms with Crippen molar-refractivity contribution in [3.63, 3.8) is 0 Å². The minimum Gasteiger partial charge on any atom is -0.481 e. The Morgan fingerprint density at radius 2 is 1.62 bits per heavy atom. The summed E-state index contributed by atoms with van der Waals surface area (Å²) in [6, 6.07) is 15.3. The van der Waals surface area contributed by atoms with Crippen molar-refractivity contribution in [2.45, 2.75) is 44.8 Å². The molecule has 0 spiro atoms. The van der Waals surface area contributed by atoms with Gasteiger partial charge in [-0.2, -0.15) is 0 Å². The molecule has 1 aliphatic carbocycles. The molecule has 2 N–H and O–H groups in total. The van der Waals surface area contributed by atoms with Crippen LogP contribution in [0.1, 0.15) is 44.2 Å². The smallest absolute Gasteiger partial charge is 0.410 e. The van der Waals surface area contributed by atoms with E-state index in [-0.39, 0.29) is 32.0 Å². The van der Waals surface area contributed by atoms with E-state index in [2.05, 4.69) is 17.4 Å². The van der Waals surface area contributed by atoms with Gasteiger partial charge >= 0.3 is 18.2 Å². The number of ether oxygens (including phenoxy) is 2. The van der Waals surface area contributed by atoms with E-state index in [1.165, 1.54) is 4.90 Å². The van der Waals surface area contributed by atoms with E-state index in [4.69, 9.17) is 9.47 Å². The van der Waals surface area contributed by atoms with Crippen molar-refractivity contribution in [2.24, 2.45) is 5.92 Å². The summed E-state index contributed by atoms with van der Waals surface area (Å²) in [4.78, 5) is 38.4. The van der Waals surface area contributed by atoms with Crippen LogP contribution in [-0.4, -0.2) is 59.5 Å². The Hall–Kier alpha value is -3.55. The van der Waals surface area contributed by atoms with Gasteiger partial charge in [-0.15, -0.1) is 0 Å². The second-order valence-corrected chi connectivity index (χ2v) is 9.74. The van der Waals surface area contributed by atoms with Crippen molar-refractivity contribution in [1.82, 2.24) is 10.2 Å². The summed E-state index contributed by atoms with van der Waals surface area (Å²) in [7, 11) is 0. The first-order chi connectivity index (χ1) is 16.1. The SMILES string of the molecule is CC(C)(C)OC(=O)N1CC[C@@H](C(=O)O)[C@@H](NC(=O)OCC2c3ccccc3-c3ccccc32)C1. The number of alkyl carbamates (subject to hydrolysis) is 1. The zero-order valence-electron chi connectivity index (χ0n) is 19.6. The maximum Gasteiger partial charge on any atom is 0.410 e. The van der Waals surface area contributed by atoms with E-state index in [1.807, 2.05) is 36.4 Å². The molecular weight excluding hydrogens is 436 g/mol. The van der Waals surface area contributed by atoms with Gasteiger partial charge in [0, 0.05) is 19.0 Å². The lowest BCUT2D eigenvalue weighted by Gasteiger charge is -2.37. The Kier molecular flexibility index (Phi) is 6.50. The van der Waals surface area contributed by atoms with Gasteiger partial charge in [0.1, 0.15) is 12.2 Å². The van der Waals surface area contributed by atoms with Crippen molar-refractivity contribution in [3.05, 3.63) is 59.7 Å². The Morgan fingerprint density at radius 3 is 2.18 bits per heavy atom. The van der Waals surface area contributed by atoms with Crippen molar-refractivity contribution in [1.29, 1.82) is 0 Å². The molecule has 180 valence electrons. The number of carboxylic acid groups (broad SMARTS) is 1. The lowest BCUT2D eigenvalue weighted by atomic mass is 9.92. The first kappa shape index (κ1) is 23.6. The highest BCUT2D eigenvalue weighted by atomic mass is 16.6. The number of piperidine rings is 1. The van der Waals surface area contributed by atoms with Gasteiger partial charge in [0.05, 0.1) is 12.0 Å². The third-order valence-electron chi connectivity index (χ3n) is 6.23. The molecule has 4 rings (SSSR count). The molecule has 0 aromatic heterocycles. The van der Waals surface area contributed by atoms with Crippen LogP contribution in [0.15, 0.2) is 48.5 Å². The quantitative estimate of drug-likeness (QED) is 0.699. The van der Waals surface area contributed by atoms with E-state index < -0.39 is 35.7 Å². The molecule has 2 amide bonds. The van der Waals surface area contributed by atoms with Crippen LogP contribution in [0.25, 0.3) is 11.1 Å². The van der Waals surface area contributed by atoms with Crippen molar-refractivity contribution >= 4 is 18.2 Å². The number of carboxylic acids is 1. The van der Waals surface area contributed by atoms with Gasteiger partial charge < -0.3 is 24.8 Å². The summed E-state index contributed by atoms with van der Waals surface area (Å²) >= 11 is 0. The molecule has 8 heteroatoms. The fourth-order valence-corrected chi connectivity index (χ4v) is 4.68. The Bertz CT molecular complexity index is 1050. The molecule has 0 unspecified atom stereocenters. The standard InChI is InChI=1S/C26H30N2O6/c1-26(2,3)34-25(32)28-13-12-20(23(29)30)22(14-28)27-24(31)33-15-21-18-10-6-4-8-16(18)17-9-5-7-11-19(17)21/h4-11,20-22H,12-15H2,1-3H3,(H,27,31)(H,29,30)/t20-,22+/m1/s1. The highest BCUT2D eigenvalue weighted by Crippen LogP contribution is 2.44. The molecule has 0 bridgehead atoms. The minimum absolute atomic E-state index is 0.0378. The van der Waals surface area contributed by atoms with Gasteiger partial charge in [0.2, 0.25) is 0 Å². The second-order valence-electron chi connectivity index (χ2n) is 9.74. The molecule has 2 aromatic rings. The molecule has 2 aliphatic rings. The number of likely N-dealkylation sites (tertiary alicyclic amines) is 1. The van der Waals surface area contributed by atoms with E-state index in [0.717, 1.165) is 22.3 Å². The minimum atomic E-state index is -1.02. The first-order valence-electron chi connectivity index (χ1n) is 11.5. The molecule has 2 aromatic carbocycles. The average Bonchev–Trinajstić information content (AvgIpc) is 3.10. The zero-order chi connectivity index (χ0) is 24.5. The maximum atomic E-state index is 12.7. The van der Waals surface area contributed by atoms with E-state index >= 15 is 0 Å². The molecule has 1 aliphatic heterocycles. The molecule has 2 atom stereocenters. The topological polar surface area (TPSA) is 105 Å². The maximum absolute atomic E-state index is 12.7. The fraction of sp³-hybridized carbons (Fsp3) is 0.423. The van der Waals surface area contributed by atoms with Crippen LogP contribution in [-0.2, 0) is 14.3 Å². The lowest BCUT2D eigenvalue weighted by molar-refractivity contribution is -0.144. The molecule has 1 fully saturated rings. The van der Waals surface area contributed by atoms with Crippen LogP contribution in [0.3, 0.4) is 0 Å². The summed E-state index contributed by atoms with van der Waals surface area (Å²) in [5.74, 6) is -1.94. The fourth-order valence-electron chi connectivity index (χ4n) is 4.68. The first-order valence-corrected chi connectivity index (χ1v) is 11.5. The summed E-state index contributed by atoms with van der Waals surface area (Å²) in [5, 5.41) is 12.3. The van der Waals surface area contributed by atoms with Crippen molar-refractivity contribution < 1.29 is 29.0 Å². The molecular formula is C26H30N2O6. The molecule has 0 saturated carbocycles. The zero-order valence-corrected chi connectivity index (χ0v) is 19.6. The van der Waals surface area contributed by atoms with Crippen molar-refractivity contribution in [3.8, 4) is 11.1 Å².